The summed E-state index contributed by atoms with van der Waals surface area (Å²) in [5, 5.41) is 4.37. The van der Waals surface area contributed by atoms with Gasteiger partial charge in [0.05, 0.1) is 5.69 Å². The van der Waals surface area contributed by atoms with Crippen LogP contribution < -0.4 is 10.2 Å². The van der Waals surface area contributed by atoms with Gasteiger partial charge in [-0.05, 0) is 24.9 Å². The standard InChI is InChI=1S/C17H25N3S/c1-5-13(2)16-15(11-18-3)21-17(19-16)20(4)12-14-9-7-6-8-10-14/h6-10,13,18H,5,11-12H2,1-4H3. The second kappa shape index (κ2) is 7.57. The van der Waals surface area contributed by atoms with Gasteiger partial charge in [0.25, 0.3) is 0 Å². The van der Waals surface area contributed by atoms with Gasteiger partial charge in [0, 0.05) is 25.0 Å². The first kappa shape index (κ1) is 16.0. The molecule has 0 saturated carbocycles. The molecule has 2 aromatic rings. The molecule has 2 rings (SSSR count). The highest BCUT2D eigenvalue weighted by Gasteiger charge is 2.17. The van der Waals surface area contributed by atoms with Crippen molar-refractivity contribution in [3.63, 3.8) is 0 Å². The van der Waals surface area contributed by atoms with E-state index in [0.717, 1.165) is 24.6 Å². The second-order valence-electron chi connectivity index (χ2n) is 5.49. The van der Waals surface area contributed by atoms with Crippen molar-refractivity contribution in [2.75, 3.05) is 19.0 Å². The molecular formula is C17H25N3S. The van der Waals surface area contributed by atoms with E-state index in [1.54, 1.807) is 0 Å². The number of anilines is 1. The Morgan fingerprint density at radius 3 is 2.62 bits per heavy atom. The Hall–Kier alpha value is -1.39. The van der Waals surface area contributed by atoms with Gasteiger partial charge >= 0.3 is 0 Å². The lowest BCUT2D eigenvalue weighted by Crippen LogP contribution is -2.16. The third-order valence-corrected chi connectivity index (χ3v) is 4.91. The maximum atomic E-state index is 4.90. The van der Waals surface area contributed by atoms with Gasteiger partial charge in [-0.25, -0.2) is 4.98 Å². The molecule has 0 radical (unpaired) electrons. The van der Waals surface area contributed by atoms with Crippen molar-refractivity contribution < 1.29 is 0 Å². The lowest BCUT2D eigenvalue weighted by Gasteiger charge is -2.15. The Balaban J connectivity index is 2.19. The van der Waals surface area contributed by atoms with E-state index in [-0.39, 0.29) is 0 Å². The summed E-state index contributed by atoms with van der Waals surface area (Å²) in [4.78, 5) is 8.50. The van der Waals surface area contributed by atoms with E-state index in [9.17, 15) is 0 Å². The minimum Gasteiger partial charge on any atom is -0.347 e. The quantitative estimate of drug-likeness (QED) is 0.837. The predicted octanol–water partition coefficient (Wildman–Crippen LogP) is 4.01. The molecule has 1 N–H and O–H groups in total. The topological polar surface area (TPSA) is 28.2 Å². The summed E-state index contributed by atoms with van der Waals surface area (Å²) >= 11 is 1.81. The summed E-state index contributed by atoms with van der Waals surface area (Å²) in [6, 6.07) is 10.5. The van der Waals surface area contributed by atoms with Crippen molar-refractivity contribution in [2.24, 2.45) is 0 Å². The zero-order valence-electron chi connectivity index (χ0n) is 13.4. The molecule has 0 amide bonds. The molecule has 0 spiro atoms. The van der Waals surface area contributed by atoms with E-state index in [0.29, 0.717) is 5.92 Å². The fraction of sp³-hybridized carbons (Fsp3) is 0.471. The molecule has 1 heterocycles. The first-order chi connectivity index (χ1) is 10.2. The van der Waals surface area contributed by atoms with Crippen LogP contribution in [0.2, 0.25) is 0 Å². The highest BCUT2D eigenvalue weighted by Crippen LogP contribution is 2.32. The maximum Gasteiger partial charge on any atom is 0.185 e. The van der Waals surface area contributed by atoms with Gasteiger partial charge in [0.15, 0.2) is 5.13 Å². The molecule has 0 aliphatic rings. The molecule has 21 heavy (non-hydrogen) atoms. The van der Waals surface area contributed by atoms with Gasteiger partial charge < -0.3 is 10.2 Å². The van der Waals surface area contributed by atoms with E-state index in [2.05, 4.69) is 61.4 Å². The van der Waals surface area contributed by atoms with Gasteiger partial charge in [0.1, 0.15) is 0 Å². The van der Waals surface area contributed by atoms with Crippen LogP contribution in [0.3, 0.4) is 0 Å². The molecule has 0 saturated heterocycles. The third-order valence-electron chi connectivity index (χ3n) is 3.72. The predicted molar refractivity (Wildman–Crippen MR) is 92.1 cm³/mol. The largest absolute Gasteiger partial charge is 0.347 e. The van der Waals surface area contributed by atoms with Crippen molar-refractivity contribution in [1.29, 1.82) is 0 Å². The zero-order valence-corrected chi connectivity index (χ0v) is 14.2. The molecule has 0 aliphatic heterocycles. The summed E-state index contributed by atoms with van der Waals surface area (Å²) in [5.41, 5.74) is 2.57. The molecule has 114 valence electrons. The average Bonchev–Trinajstić information content (AvgIpc) is 2.92. The number of rotatable bonds is 7. The normalized spacial score (nSPS) is 12.4. The van der Waals surface area contributed by atoms with Gasteiger partial charge in [-0.2, -0.15) is 0 Å². The molecule has 1 unspecified atom stereocenters. The third kappa shape index (κ3) is 4.05. The van der Waals surface area contributed by atoms with Crippen molar-refractivity contribution in [3.05, 3.63) is 46.5 Å². The Kier molecular flexibility index (Phi) is 5.76. The van der Waals surface area contributed by atoms with E-state index in [1.807, 2.05) is 18.4 Å². The zero-order chi connectivity index (χ0) is 15.2. The highest BCUT2D eigenvalue weighted by molar-refractivity contribution is 7.15. The van der Waals surface area contributed by atoms with Crippen LogP contribution in [0.1, 0.15) is 42.3 Å². The summed E-state index contributed by atoms with van der Waals surface area (Å²) in [6.45, 7) is 6.28. The van der Waals surface area contributed by atoms with Crippen LogP contribution in [0, 0.1) is 0 Å². The molecule has 1 atom stereocenters. The molecule has 1 aromatic carbocycles. The van der Waals surface area contributed by atoms with Crippen molar-refractivity contribution >= 4 is 16.5 Å². The fourth-order valence-corrected chi connectivity index (χ4v) is 3.46. The molecule has 4 heteroatoms. The Bertz CT molecular complexity index is 550. The summed E-state index contributed by atoms with van der Waals surface area (Å²) < 4.78 is 0. The van der Waals surface area contributed by atoms with Gasteiger partial charge in [-0.1, -0.05) is 44.2 Å². The number of nitrogens with one attached hydrogen (secondary N) is 1. The van der Waals surface area contributed by atoms with Gasteiger partial charge in [0.2, 0.25) is 0 Å². The number of nitrogens with zero attached hydrogens (tertiary/aromatic N) is 2. The summed E-state index contributed by atoms with van der Waals surface area (Å²) in [6.07, 6.45) is 1.13. The average molecular weight is 303 g/mol. The van der Waals surface area contributed by atoms with Crippen LogP contribution in [0.15, 0.2) is 30.3 Å². The Morgan fingerprint density at radius 1 is 1.29 bits per heavy atom. The number of hydrogen-bond acceptors (Lipinski definition) is 4. The van der Waals surface area contributed by atoms with Crippen LogP contribution in [0.4, 0.5) is 5.13 Å². The van der Waals surface area contributed by atoms with Crippen molar-refractivity contribution in [1.82, 2.24) is 10.3 Å². The monoisotopic (exact) mass is 303 g/mol. The summed E-state index contributed by atoms with van der Waals surface area (Å²) in [7, 11) is 4.11. The molecule has 0 bridgehead atoms. The molecule has 3 nitrogen and oxygen atoms in total. The van der Waals surface area contributed by atoms with Gasteiger partial charge in [-0.3, -0.25) is 0 Å². The van der Waals surface area contributed by atoms with E-state index in [4.69, 9.17) is 4.98 Å². The number of benzene rings is 1. The smallest absolute Gasteiger partial charge is 0.185 e. The second-order valence-corrected chi connectivity index (χ2v) is 6.55. The van der Waals surface area contributed by atoms with Gasteiger partial charge in [-0.15, -0.1) is 11.3 Å². The van der Waals surface area contributed by atoms with E-state index in [1.165, 1.54) is 16.1 Å². The van der Waals surface area contributed by atoms with Crippen LogP contribution in [-0.4, -0.2) is 19.1 Å². The number of hydrogen-bond donors (Lipinski definition) is 1. The number of thiazole rings is 1. The van der Waals surface area contributed by atoms with E-state index < -0.39 is 0 Å². The minimum atomic E-state index is 0.517. The Morgan fingerprint density at radius 2 is 2.00 bits per heavy atom. The first-order valence-electron chi connectivity index (χ1n) is 7.55. The minimum absolute atomic E-state index is 0.517. The SMILES string of the molecule is CCC(C)c1nc(N(C)Cc2ccccc2)sc1CNC. The van der Waals surface area contributed by atoms with Crippen molar-refractivity contribution in [2.45, 2.75) is 39.3 Å². The first-order valence-corrected chi connectivity index (χ1v) is 8.36. The number of aromatic nitrogens is 1. The van der Waals surface area contributed by atoms with Crippen LogP contribution in [-0.2, 0) is 13.1 Å². The lowest BCUT2D eigenvalue weighted by atomic mass is 10.0. The van der Waals surface area contributed by atoms with E-state index >= 15 is 0 Å². The molecular weight excluding hydrogens is 278 g/mol. The molecule has 0 aliphatic carbocycles. The van der Waals surface area contributed by atoms with Crippen LogP contribution >= 0.6 is 11.3 Å². The van der Waals surface area contributed by atoms with Crippen LogP contribution in [0.5, 0.6) is 0 Å². The molecule has 1 aromatic heterocycles. The van der Waals surface area contributed by atoms with Crippen molar-refractivity contribution in [3.8, 4) is 0 Å². The summed E-state index contributed by atoms with van der Waals surface area (Å²) in [5.74, 6) is 0.517. The molecule has 0 fully saturated rings. The highest BCUT2D eigenvalue weighted by atomic mass is 32.1. The fourth-order valence-electron chi connectivity index (χ4n) is 2.30. The maximum absolute atomic E-state index is 4.90. The van der Waals surface area contributed by atoms with Crippen LogP contribution in [0.25, 0.3) is 0 Å². The lowest BCUT2D eigenvalue weighted by molar-refractivity contribution is 0.692. The Labute approximate surface area is 132 Å².